The lowest BCUT2D eigenvalue weighted by molar-refractivity contribution is 0.208. The predicted molar refractivity (Wildman–Crippen MR) is 56.6 cm³/mol. The minimum Gasteiger partial charge on any atom is -0.389 e. The van der Waals surface area contributed by atoms with Crippen molar-refractivity contribution < 1.29 is 5.11 Å². The van der Waals surface area contributed by atoms with Gasteiger partial charge in [0, 0.05) is 0 Å². The topological polar surface area (TPSA) is 20.2 Å². The summed E-state index contributed by atoms with van der Waals surface area (Å²) in [5.41, 5.74) is 1.31. The van der Waals surface area contributed by atoms with Gasteiger partial charge in [0.2, 0.25) is 0 Å². The van der Waals surface area contributed by atoms with E-state index >= 15 is 0 Å². The van der Waals surface area contributed by atoms with Crippen LogP contribution in [0.2, 0.25) is 0 Å². The first-order chi connectivity index (χ1) is 6.33. The molecule has 1 aliphatic rings. The molecule has 0 spiro atoms. The van der Waals surface area contributed by atoms with Gasteiger partial charge in [-0.15, -0.1) is 0 Å². The summed E-state index contributed by atoms with van der Waals surface area (Å²) >= 11 is 0. The molecule has 1 N–H and O–H groups in total. The minimum absolute atomic E-state index is 0.224. The van der Waals surface area contributed by atoms with Crippen LogP contribution in [0.5, 0.6) is 0 Å². The maximum Gasteiger partial charge on any atom is 0.0726 e. The van der Waals surface area contributed by atoms with E-state index in [-0.39, 0.29) is 6.10 Å². The molecule has 0 aromatic carbocycles. The minimum atomic E-state index is -0.224. The smallest absolute Gasteiger partial charge is 0.0726 e. The van der Waals surface area contributed by atoms with Gasteiger partial charge in [-0.25, -0.2) is 0 Å². The van der Waals surface area contributed by atoms with Crippen LogP contribution in [0.1, 0.15) is 45.4 Å². The van der Waals surface area contributed by atoms with E-state index in [4.69, 9.17) is 0 Å². The monoisotopic (exact) mass is 180 g/mol. The second kappa shape index (κ2) is 5.98. The number of aliphatic hydroxyl groups excluding tert-OH is 1. The highest BCUT2D eigenvalue weighted by Gasteiger charge is 2.03. The van der Waals surface area contributed by atoms with Gasteiger partial charge >= 0.3 is 0 Å². The number of allylic oxidation sites excluding steroid dienone is 3. The quantitative estimate of drug-likeness (QED) is 0.704. The molecule has 0 radical (unpaired) electrons. The predicted octanol–water partition coefficient (Wildman–Crippen LogP) is 3.20. The first kappa shape index (κ1) is 10.5. The van der Waals surface area contributed by atoms with Crippen LogP contribution in [-0.4, -0.2) is 11.2 Å². The van der Waals surface area contributed by atoms with Gasteiger partial charge in [-0.1, -0.05) is 38.0 Å². The summed E-state index contributed by atoms with van der Waals surface area (Å²) in [5, 5.41) is 9.62. The summed E-state index contributed by atoms with van der Waals surface area (Å²) in [5.74, 6) is 0. The zero-order chi connectivity index (χ0) is 9.52. The molecule has 1 nitrogen and oxygen atoms in total. The fourth-order valence-electron chi connectivity index (χ4n) is 1.62. The van der Waals surface area contributed by atoms with E-state index in [1.807, 2.05) is 6.08 Å². The molecule has 1 rings (SSSR count). The normalized spacial score (nSPS) is 22.2. The van der Waals surface area contributed by atoms with E-state index in [1.54, 1.807) is 0 Å². The van der Waals surface area contributed by atoms with E-state index < -0.39 is 0 Å². The first-order valence-electron chi connectivity index (χ1n) is 5.38. The lowest BCUT2D eigenvalue weighted by Crippen LogP contribution is -2.03. The molecule has 0 heterocycles. The Morgan fingerprint density at radius 1 is 1.62 bits per heavy atom. The maximum atomic E-state index is 9.62. The molecule has 0 aromatic rings. The summed E-state index contributed by atoms with van der Waals surface area (Å²) in [6.45, 7) is 2.15. The van der Waals surface area contributed by atoms with Crippen molar-refractivity contribution in [1.82, 2.24) is 0 Å². The highest BCUT2D eigenvalue weighted by atomic mass is 16.3. The summed E-state index contributed by atoms with van der Waals surface area (Å²) in [6, 6.07) is 0. The Hall–Kier alpha value is -0.560. The van der Waals surface area contributed by atoms with E-state index in [2.05, 4.69) is 19.1 Å². The molecular formula is C12H20O. The van der Waals surface area contributed by atoms with Crippen molar-refractivity contribution in [3.05, 3.63) is 23.8 Å². The van der Waals surface area contributed by atoms with Crippen molar-refractivity contribution in [2.75, 3.05) is 0 Å². The first-order valence-corrected chi connectivity index (χ1v) is 5.38. The molecule has 0 amide bonds. The molecule has 0 bridgehead atoms. The maximum absolute atomic E-state index is 9.62. The van der Waals surface area contributed by atoms with Crippen LogP contribution in [0.15, 0.2) is 23.8 Å². The zero-order valence-corrected chi connectivity index (χ0v) is 8.50. The summed E-state index contributed by atoms with van der Waals surface area (Å²) in [4.78, 5) is 0. The third-order valence-electron chi connectivity index (χ3n) is 2.43. The molecule has 0 saturated carbocycles. The largest absolute Gasteiger partial charge is 0.389 e. The Balaban J connectivity index is 2.34. The molecule has 13 heavy (non-hydrogen) atoms. The van der Waals surface area contributed by atoms with Gasteiger partial charge in [0.1, 0.15) is 0 Å². The van der Waals surface area contributed by atoms with Gasteiger partial charge in [0.05, 0.1) is 6.10 Å². The third-order valence-corrected chi connectivity index (χ3v) is 2.43. The average Bonchev–Trinajstić information content (AvgIpc) is 2.16. The standard InChI is InChI=1S/C12H20O/c1-2-3-9-12(13)10-11-7-5-4-6-8-11/h5,7,10,12-13H,2-4,6,8-9H2,1H3/b11-10+. The third kappa shape index (κ3) is 4.28. The second-order valence-corrected chi connectivity index (χ2v) is 3.75. The van der Waals surface area contributed by atoms with Crippen molar-refractivity contribution in [2.24, 2.45) is 0 Å². The second-order valence-electron chi connectivity index (χ2n) is 3.75. The van der Waals surface area contributed by atoms with Crippen molar-refractivity contribution in [1.29, 1.82) is 0 Å². The number of aliphatic hydroxyl groups is 1. The molecule has 0 aromatic heterocycles. The van der Waals surface area contributed by atoms with Crippen molar-refractivity contribution >= 4 is 0 Å². The fraction of sp³-hybridized carbons (Fsp3) is 0.667. The molecule has 0 fully saturated rings. The lowest BCUT2D eigenvalue weighted by atomic mass is 9.99. The highest BCUT2D eigenvalue weighted by Crippen LogP contribution is 2.17. The molecule has 0 saturated heterocycles. The van der Waals surface area contributed by atoms with Gasteiger partial charge in [-0.05, 0) is 31.3 Å². The van der Waals surface area contributed by atoms with Crippen LogP contribution in [-0.2, 0) is 0 Å². The summed E-state index contributed by atoms with van der Waals surface area (Å²) in [7, 11) is 0. The van der Waals surface area contributed by atoms with Crippen LogP contribution in [0.25, 0.3) is 0 Å². The van der Waals surface area contributed by atoms with Crippen LogP contribution >= 0.6 is 0 Å². The molecule has 1 heteroatoms. The van der Waals surface area contributed by atoms with Crippen LogP contribution in [0, 0.1) is 0 Å². The summed E-state index contributed by atoms with van der Waals surface area (Å²) < 4.78 is 0. The average molecular weight is 180 g/mol. The Labute approximate surface area is 81.2 Å². The van der Waals surface area contributed by atoms with Crippen LogP contribution in [0.4, 0.5) is 0 Å². The van der Waals surface area contributed by atoms with Crippen molar-refractivity contribution in [3.8, 4) is 0 Å². The van der Waals surface area contributed by atoms with Crippen LogP contribution < -0.4 is 0 Å². The number of unbranched alkanes of at least 4 members (excludes halogenated alkanes) is 1. The molecule has 1 atom stereocenters. The molecule has 1 unspecified atom stereocenters. The van der Waals surface area contributed by atoms with E-state index in [9.17, 15) is 5.11 Å². The number of rotatable bonds is 4. The van der Waals surface area contributed by atoms with Crippen LogP contribution in [0.3, 0.4) is 0 Å². The van der Waals surface area contributed by atoms with Gasteiger partial charge in [0.25, 0.3) is 0 Å². The fourth-order valence-corrected chi connectivity index (χ4v) is 1.62. The molecule has 0 aliphatic heterocycles. The molecular weight excluding hydrogens is 160 g/mol. The summed E-state index contributed by atoms with van der Waals surface area (Å²) in [6.07, 6.45) is 12.9. The van der Waals surface area contributed by atoms with E-state index in [1.165, 1.54) is 18.4 Å². The van der Waals surface area contributed by atoms with Crippen molar-refractivity contribution in [3.63, 3.8) is 0 Å². The highest BCUT2D eigenvalue weighted by molar-refractivity contribution is 5.22. The zero-order valence-electron chi connectivity index (χ0n) is 8.50. The lowest BCUT2D eigenvalue weighted by Gasteiger charge is -2.10. The van der Waals surface area contributed by atoms with Gasteiger partial charge < -0.3 is 5.11 Å². The Kier molecular flexibility index (Phi) is 4.84. The Morgan fingerprint density at radius 2 is 2.46 bits per heavy atom. The molecule has 74 valence electrons. The van der Waals surface area contributed by atoms with Gasteiger partial charge in [-0.3, -0.25) is 0 Å². The molecule has 1 aliphatic carbocycles. The SMILES string of the molecule is CCCCC(O)/C=C1\C=CCCC1. The Bertz CT molecular complexity index is 191. The van der Waals surface area contributed by atoms with E-state index in [0.717, 1.165) is 25.7 Å². The van der Waals surface area contributed by atoms with E-state index in [0.29, 0.717) is 0 Å². The van der Waals surface area contributed by atoms with Crippen molar-refractivity contribution in [2.45, 2.75) is 51.6 Å². The van der Waals surface area contributed by atoms with Gasteiger partial charge in [-0.2, -0.15) is 0 Å². The number of hydrogen-bond donors (Lipinski definition) is 1. The number of hydrogen-bond acceptors (Lipinski definition) is 1. The Morgan fingerprint density at radius 3 is 3.08 bits per heavy atom. The van der Waals surface area contributed by atoms with Gasteiger partial charge in [0.15, 0.2) is 0 Å².